The zero-order chi connectivity index (χ0) is 14.6. The molecule has 0 aliphatic heterocycles. The first-order valence-corrected chi connectivity index (χ1v) is 7.52. The lowest BCUT2D eigenvalue weighted by atomic mass is 10.2. The van der Waals surface area contributed by atoms with Crippen LogP contribution in [0.15, 0.2) is 30.7 Å². The number of nitrogens with zero attached hydrogens (tertiary/aromatic N) is 4. The quantitative estimate of drug-likeness (QED) is 0.575. The summed E-state index contributed by atoms with van der Waals surface area (Å²) >= 11 is 0. The van der Waals surface area contributed by atoms with E-state index in [0.29, 0.717) is 5.82 Å². The lowest BCUT2D eigenvalue weighted by Crippen LogP contribution is -2.40. The SMILES string of the molecule is COS(=O)(=O)CC[n+]1ccc(-c2ccnc(C)n2)cn1. The summed E-state index contributed by atoms with van der Waals surface area (Å²) in [6.45, 7) is 2.05. The second kappa shape index (κ2) is 6.02. The molecule has 20 heavy (non-hydrogen) atoms. The molecule has 106 valence electrons. The lowest BCUT2D eigenvalue weighted by Gasteiger charge is -2.00. The molecule has 0 aliphatic carbocycles. The first-order valence-electron chi connectivity index (χ1n) is 5.94. The maximum Gasteiger partial charge on any atom is 0.273 e. The summed E-state index contributed by atoms with van der Waals surface area (Å²) in [5.41, 5.74) is 1.63. The van der Waals surface area contributed by atoms with E-state index in [1.165, 1.54) is 4.68 Å². The molecule has 0 bridgehead atoms. The third-order valence-corrected chi connectivity index (χ3v) is 3.86. The van der Waals surface area contributed by atoms with Crippen molar-refractivity contribution >= 4 is 10.1 Å². The van der Waals surface area contributed by atoms with E-state index >= 15 is 0 Å². The third-order valence-electron chi connectivity index (χ3n) is 2.67. The molecule has 2 heterocycles. The van der Waals surface area contributed by atoms with Crippen molar-refractivity contribution < 1.29 is 17.3 Å². The van der Waals surface area contributed by atoms with Crippen LogP contribution >= 0.6 is 0 Å². The Labute approximate surface area is 117 Å². The third kappa shape index (κ3) is 3.78. The minimum Gasteiger partial charge on any atom is -0.273 e. The fourth-order valence-corrected chi connectivity index (χ4v) is 2.15. The Hall–Kier alpha value is -1.93. The van der Waals surface area contributed by atoms with E-state index in [4.69, 9.17) is 0 Å². The van der Waals surface area contributed by atoms with E-state index in [9.17, 15) is 8.42 Å². The summed E-state index contributed by atoms with van der Waals surface area (Å²) < 4.78 is 28.4. The fourth-order valence-electron chi connectivity index (χ4n) is 1.57. The number of hydrogen-bond acceptors (Lipinski definition) is 6. The zero-order valence-corrected chi connectivity index (χ0v) is 12.0. The Morgan fingerprint density at radius 3 is 2.75 bits per heavy atom. The van der Waals surface area contributed by atoms with Gasteiger partial charge in [-0.05, 0) is 18.1 Å². The molecule has 0 amide bonds. The highest BCUT2D eigenvalue weighted by atomic mass is 32.2. The van der Waals surface area contributed by atoms with E-state index in [-0.39, 0.29) is 12.3 Å². The molecule has 2 rings (SSSR count). The van der Waals surface area contributed by atoms with Crippen LogP contribution in [0.4, 0.5) is 0 Å². The molecule has 0 aromatic carbocycles. The second-order valence-electron chi connectivity index (χ2n) is 4.10. The standard InChI is InChI=1S/C12H15N4O3S/c1-10-13-5-3-12(15-10)11-4-6-16(14-9-11)7-8-20(17,18)19-2/h3-6,9H,7-8H2,1-2H3/q+1. The number of aromatic nitrogens is 4. The summed E-state index contributed by atoms with van der Waals surface area (Å²) in [4.78, 5) is 8.33. The van der Waals surface area contributed by atoms with E-state index in [1.54, 1.807) is 24.7 Å². The molecular formula is C12H15N4O3S+. The average Bonchev–Trinajstić information content (AvgIpc) is 2.46. The van der Waals surface area contributed by atoms with Gasteiger partial charge in [-0.2, -0.15) is 8.42 Å². The van der Waals surface area contributed by atoms with Crippen LogP contribution in [-0.4, -0.2) is 36.3 Å². The smallest absolute Gasteiger partial charge is 0.273 e. The molecule has 0 saturated carbocycles. The van der Waals surface area contributed by atoms with Crippen molar-refractivity contribution in [3.05, 3.63) is 36.5 Å². The molecule has 7 nitrogen and oxygen atoms in total. The van der Waals surface area contributed by atoms with E-state index < -0.39 is 10.1 Å². The Morgan fingerprint density at radius 2 is 2.15 bits per heavy atom. The molecule has 8 heteroatoms. The van der Waals surface area contributed by atoms with Gasteiger partial charge in [0.15, 0.2) is 12.7 Å². The number of rotatable bonds is 5. The first kappa shape index (κ1) is 14.5. The lowest BCUT2D eigenvalue weighted by molar-refractivity contribution is -0.750. The average molecular weight is 295 g/mol. The molecule has 2 aromatic heterocycles. The van der Waals surface area contributed by atoms with Gasteiger partial charge in [0.25, 0.3) is 10.1 Å². The molecular weight excluding hydrogens is 280 g/mol. The molecule has 2 aromatic rings. The molecule has 0 atom stereocenters. The van der Waals surface area contributed by atoms with Crippen molar-refractivity contribution in [2.75, 3.05) is 12.9 Å². The van der Waals surface area contributed by atoms with Crippen LogP contribution in [-0.2, 0) is 20.8 Å². The molecule has 0 fully saturated rings. The first-order chi connectivity index (χ1) is 9.50. The minimum absolute atomic E-state index is 0.118. The Balaban J connectivity index is 2.11. The summed E-state index contributed by atoms with van der Waals surface area (Å²) in [7, 11) is -2.32. The van der Waals surface area contributed by atoms with Crippen LogP contribution < -0.4 is 4.68 Å². The van der Waals surface area contributed by atoms with Gasteiger partial charge in [-0.15, -0.1) is 0 Å². The van der Waals surface area contributed by atoms with Gasteiger partial charge in [0.1, 0.15) is 17.8 Å². The van der Waals surface area contributed by atoms with Gasteiger partial charge in [0.2, 0.25) is 0 Å². The molecule has 0 N–H and O–H groups in total. The van der Waals surface area contributed by atoms with Gasteiger partial charge in [0.05, 0.1) is 12.8 Å². The van der Waals surface area contributed by atoms with Gasteiger partial charge in [-0.3, -0.25) is 4.18 Å². The van der Waals surface area contributed by atoms with Crippen molar-refractivity contribution in [3.8, 4) is 11.3 Å². The number of aryl methyl sites for hydroxylation is 2. The Morgan fingerprint density at radius 1 is 1.35 bits per heavy atom. The van der Waals surface area contributed by atoms with Crippen molar-refractivity contribution in [2.24, 2.45) is 0 Å². The van der Waals surface area contributed by atoms with Crippen LogP contribution in [0.5, 0.6) is 0 Å². The summed E-state index contributed by atoms with van der Waals surface area (Å²) in [5, 5.41) is 4.16. The molecule has 0 aliphatic rings. The van der Waals surface area contributed by atoms with Crippen LogP contribution in [0.25, 0.3) is 11.3 Å². The largest absolute Gasteiger partial charge is 0.273 e. The fraction of sp³-hybridized carbons (Fsp3) is 0.333. The maximum absolute atomic E-state index is 11.2. The maximum atomic E-state index is 11.2. The topological polar surface area (TPSA) is 85.9 Å². The van der Waals surface area contributed by atoms with Crippen molar-refractivity contribution in [2.45, 2.75) is 13.5 Å². The van der Waals surface area contributed by atoms with Crippen LogP contribution in [0.2, 0.25) is 0 Å². The van der Waals surface area contributed by atoms with Crippen LogP contribution in [0.1, 0.15) is 5.82 Å². The summed E-state index contributed by atoms with van der Waals surface area (Å²) in [6.07, 6.45) is 5.03. The minimum atomic E-state index is -3.47. The normalized spacial score (nSPS) is 11.5. The highest BCUT2D eigenvalue weighted by Crippen LogP contribution is 2.12. The van der Waals surface area contributed by atoms with Gasteiger partial charge in [0, 0.05) is 17.8 Å². The molecule has 0 unspecified atom stereocenters. The highest BCUT2D eigenvalue weighted by molar-refractivity contribution is 7.86. The molecule has 0 radical (unpaired) electrons. The van der Waals surface area contributed by atoms with E-state index in [2.05, 4.69) is 19.2 Å². The molecule has 0 spiro atoms. The van der Waals surface area contributed by atoms with Crippen molar-refractivity contribution in [3.63, 3.8) is 0 Å². The summed E-state index contributed by atoms with van der Waals surface area (Å²) in [6, 6.07) is 3.62. The predicted molar refractivity (Wildman–Crippen MR) is 71.0 cm³/mol. The molecule has 0 saturated heterocycles. The Kier molecular flexibility index (Phi) is 4.35. The van der Waals surface area contributed by atoms with Crippen molar-refractivity contribution in [1.82, 2.24) is 15.1 Å². The van der Waals surface area contributed by atoms with Gasteiger partial charge in [-0.25, -0.2) is 9.97 Å². The summed E-state index contributed by atoms with van der Waals surface area (Å²) in [5.74, 6) is 0.568. The van der Waals surface area contributed by atoms with Gasteiger partial charge < -0.3 is 0 Å². The van der Waals surface area contributed by atoms with Crippen molar-refractivity contribution in [1.29, 1.82) is 0 Å². The second-order valence-corrected chi connectivity index (χ2v) is 5.95. The highest BCUT2D eigenvalue weighted by Gasteiger charge is 2.14. The Bertz CT molecular complexity index is 686. The predicted octanol–water partition coefficient (Wildman–Crippen LogP) is 0.111. The van der Waals surface area contributed by atoms with Crippen LogP contribution in [0, 0.1) is 6.92 Å². The number of hydrogen-bond donors (Lipinski definition) is 0. The van der Waals surface area contributed by atoms with E-state index in [1.807, 2.05) is 13.0 Å². The van der Waals surface area contributed by atoms with Crippen LogP contribution in [0.3, 0.4) is 0 Å². The van der Waals surface area contributed by atoms with E-state index in [0.717, 1.165) is 18.4 Å². The zero-order valence-electron chi connectivity index (χ0n) is 11.2. The van der Waals surface area contributed by atoms with Gasteiger partial charge >= 0.3 is 0 Å². The van der Waals surface area contributed by atoms with Gasteiger partial charge in [-0.1, -0.05) is 4.68 Å². The monoisotopic (exact) mass is 295 g/mol.